The second kappa shape index (κ2) is 6.58. The van der Waals surface area contributed by atoms with Crippen molar-refractivity contribution in [3.8, 4) is 5.75 Å². The van der Waals surface area contributed by atoms with Crippen LogP contribution < -0.4 is 15.3 Å². The summed E-state index contributed by atoms with van der Waals surface area (Å²) in [7, 11) is 1.03. The van der Waals surface area contributed by atoms with Gasteiger partial charge in [-0.1, -0.05) is 30.3 Å². The highest BCUT2D eigenvalue weighted by atomic mass is 31.1. The van der Waals surface area contributed by atoms with E-state index >= 15 is 0 Å². The maximum atomic E-state index is 5.65. The number of ether oxygens (including phenoxy) is 1. The molecule has 0 radical (unpaired) electrons. The molecule has 0 saturated carbocycles. The van der Waals surface area contributed by atoms with Crippen LogP contribution in [0.2, 0.25) is 0 Å². The third kappa shape index (κ3) is 3.13. The van der Waals surface area contributed by atoms with Gasteiger partial charge in [-0.15, -0.1) is 0 Å². The van der Waals surface area contributed by atoms with Gasteiger partial charge in [0.05, 0.1) is 14.8 Å². The molecular weight excluding hydrogens is 242 g/mol. The van der Waals surface area contributed by atoms with Crippen molar-refractivity contribution in [2.75, 3.05) is 6.61 Å². The Morgan fingerprint density at radius 3 is 2.11 bits per heavy atom. The van der Waals surface area contributed by atoms with E-state index in [9.17, 15) is 0 Å². The van der Waals surface area contributed by atoms with Crippen molar-refractivity contribution in [1.82, 2.24) is 0 Å². The standard InChI is InChI=1S/C14H16BO2P/c1-2-16-12-8-10-14(11-9-12)18(17-15)13-6-4-3-5-7-13/h3-11H,2,15H2,1H3/t18-/m1/s1. The molecule has 0 heterocycles. The van der Waals surface area contributed by atoms with Gasteiger partial charge in [-0.25, -0.2) is 0 Å². The maximum Gasteiger partial charge on any atom is 0.263 e. The molecule has 92 valence electrons. The molecule has 4 heteroatoms. The zero-order valence-corrected chi connectivity index (χ0v) is 11.6. The molecule has 0 aromatic heterocycles. The Labute approximate surface area is 110 Å². The summed E-state index contributed by atoms with van der Waals surface area (Å²) in [5, 5.41) is 2.42. The molecule has 0 unspecified atom stereocenters. The van der Waals surface area contributed by atoms with E-state index in [2.05, 4.69) is 24.3 Å². The Balaban J connectivity index is 2.23. The molecule has 0 bridgehead atoms. The smallest absolute Gasteiger partial charge is 0.263 e. The molecule has 2 aromatic carbocycles. The summed E-state index contributed by atoms with van der Waals surface area (Å²) in [4.78, 5) is 0. The molecule has 0 aliphatic carbocycles. The Hall–Kier alpha value is -1.31. The van der Waals surface area contributed by atoms with Gasteiger partial charge in [0, 0.05) is 10.6 Å². The van der Waals surface area contributed by atoms with Gasteiger partial charge in [0.15, 0.2) is 0 Å². The summed E-state index contributed by atoms with van der Waals surface area (Å²) >= 11 is 0. The molecule has 0 amide bonds. The average molecular weight is 258 g/mol. The largest absolute Gasteiger partial charge is 0.494 e. The fourth-order valence-corrected chi connectivity index (χ4v) is 3.35. The van der Waals surface area contributed by atoms with Crippen molar-refractivity contribution < 1.29 is 9.18 Å². The molecule has 2 aromatic rings. The summed E-state index contributed by atoms with van der Waals surface area (Å²) in [5.74, 6) is 0.903. The summed E-state index contributed by atoms with van der Waals surface area (Å²) in [6.07, 6.45) is 0. The van der Waals surface area contributed by atoms with E-state index in [0.29, 0.717) is 6.61 Å². The fourth-order valence-electron chi connectivity index (χ4n) is 1.77. The van der Waals surface area contributed by atoms with Crippen LogP contribution in [-0.2, 0) is 4.44 Å². The second-order valence-corrected chi connectivity index (χ2v) is 5.73. The third-order valence-electron chi connectivity index (χ3n) is 2.56. The number of rotatable bonds is 5. The summed E-state index contributed by atoms with van der Waals surface area (Å²) < 4.78 is 11.1. The van der Waals surface area contributed by atoms with Crippen molar-refractivity contribution in [3.63, 3.8) is 0 Å². The van der Waals surface area contributed by atoms with Gasteiger partial charge in [-0.3, -0.25) is 0 Å². The first-order valence-electron chi connectivity index (χ1n) is 5.97. The average Bonchev–Trinajstić information content (AvgIpc) is 2.43. The van der Waals surface area contributed by atoms with Crippen molar-refractivity contribution >= 4 is 26.8 Å². The van der Waals surface area contributed by atoms with E-state index in [4.69, 9.17) is 9.18 Å². The van der Waals surface area contributed by atoms with Crippen LogP contribution in [0.3, 0.4) is 0 Å². The quantitative estimate of drug-likeness (QED) is 0.603. The molecular formula is C14H16BO2P. The summed E-state index contributed by atoms with van der Waals surface area (Å²) in [6.45, 7) is 2.68. The number of hydrogen-bond acceptors (Lipinski definition) is 2. The minimum atomic E-state index is -0.726. The van der Waals surface area contributed by atoms with Gasteiger partial charge in [-0.05, 0) is 31.2 Å². The first-order chi connectivity index (χ1) is 8.85. The van der Waals surface area contributed by atoms with Crippen LogP contribution in [0.4, 0.5) is 0 Å². The molecule has 2 nitrogen and oxygen atoms in total. The highest BCUT2D eigenvalue weighted by Crippen LogP contribution is 2.33. The second-order valence-electron chi connectivity index (χ2n) is 3.74. The molecule has 18 heavy (non-hydrogen) atoms. The number of hydrogen-bond donors (Lipinski definition) is 0. The van der Waals surface area contributed by atoms with Gasteiger partial charge in [0.25, 0.3) is 8.05 Å². The lowest BCUT2D eigenvalue weighted by atomic mass is 10.3. The van der Waals surface area contributed by atoms with E-state index < -0.39 is 8.15 Å². The van der Waals surface area contributed by atoms with Crippen LogP contribution in [0.5, 0.6) is 5.75 Å². The lowest BCUT2D eigenvalue weighted by molar-refractivity contribution is 0.340. The van der Waals surface area contributed by atoms with Gasteiger partial charge < -0.3 is 9.18 Å². The predicted octanol–water partition coefficient (Wildman–Crippen LogP) is 2.00. The van der Waals surface area contributed by atoms with Crippen LogP contribution in [0, 0.1) is 0 Å². The molecule has 0 N–H and O–H groups in total. The SMILES string of the molecule is BO[P@](c1ccccc1)c1ccc(OCC)cc1. The number of benzene rings is 2. The van der Waals surface area contributed by atoms with Crippen molar-refractivity contribution in [3.05, 3.63) is 54.6 Å². The van der Waals surface area contributed by atoms with Crippen molar-refractivity contribution in [2.45, 2.75) is 6.92 Å². The van der Waals surface area contributed by atoms with E-state index in [1.165, 1.54) is 10.6 Å². The van der Waals surface area contributed by atoms with Gasteiger partial charge in [0.1, 0.15) is 5.75 Å². The van der Waals surface area contributed by atoms with Crippen LogP contribution in [0.15, 0.2) is 54.6 Å². The Morgan fingerprint density at radius 1 is 0.944 bits per heavy atom. The van der Waals surface area contributed by atoms with E-state index in [1.807, 2.05) is 37.3 Å². The van der Waals surface area contributed by atoms with Crippen molar-refractivity contribution in [2.24, 2.45) is 0 Å². The van der Waals surface area contributed by atoms with Gasteiger partial charge in [0.2, 0.25) is 0 Å². The zero-order valence-electron chi connectivity index (χ0n) is 10.7. The van der Waals surface area contributed by atoms with E-state index in [0.717, 1.165) is 5.75 Å². The Kier molecular flexibility index (Phi) is 4.80. The predicted molar refractivity (Wildman–Crippen MR) is 79.9 cm³/mol. The third-order valence-corrected chi connectivity index (χ3v) is 4.45. The topological polar surface area (TPSA) is 18.5 Å². The Bertz CT molecular complexity index is 473. The lowest BCUT2D eigenvalue weighted by Gasteiger charge is -2.16. The first kappa shape index (κ1) is 13.1. The lowest BCUT2D eigenvalue weighted by Crippen LogP contribution is -2.12. The van der Waals surface area contributed by atoms with E-state index in [-0.39, 0.29) is 0 Å². The molecule has 1 atom stereocenters. The minimum Gasteiger partial charge on any atom is -0.494 e. The zero-order chi connectivity index (χ0) is 12.8. The molecule has 2 rings (SSSR count). The maximum absolute atomic E-state index is 5.65. The van der Waals surface area contributed by atoms with Crippen LogP contribution >= 0.6 is 8.15 Å². The monoisotopic (exact) mass is 258 g/mol. The minimum absolute atomic E-state index is 0.692. The molecule has 0 aliphatic heterocycles. The molecule has 0 spiro atoms. The summed E-state index contributed by atoms with van der Waals surface area (Å²) in [6, 6.07) is 18.4. The Morgan fingerprint density at radius 2 is 1.56 bits per heavy atom. The van der Waals surface area contributed by atoms with Crippen LogP contribution in [0.25, 0.3) is 0 Å². The molecule has 0 aliphatic rings. The highest BCUT2D eigenvalue weighted by Gasteiger charge is 2.12. The molecule has 0 saturated heterocycles. The van der Waals surface area contributed by atoms with Crippen molar-refractivity contribution in [1.29, 1.82) is 0 Å². The van der Waals surface area contributed by atoms with Crippen LogP contribution in [0.1, 0.15) is 6.92 Å². The van der Waals surface area contributed by atoms with E-state index in [1.54, 1.807) is 8.05 Å². The normalized spacial score (nSPS) is 12.1. The fraction of sp³-hybridized carbons (Fsp3) is 0.143. The summed E-state index contributed by atoms with van der Waals surface area (Å²) in [5.41, 5.74) is 0. The molecule has 0 fully saturated rings. The first-order valence-corrected chi connectivity index (χ1v) is 7.23. The van der Waals surface area contributed by atoms with Gasteiger partial charge in [-0.2, -0.15) is 0 Å². The van der Waals surface area contributed by atoms with Gasteiger partial charge >= 0.3 is 0 Å². The van der Waals surface area contributed by atoms with Crippen LogP contribution in [-0.4, -0.2) is 14.7 Å². The highest BCUT2D eigenvalue weighted by molar-refractivity contribution is 7.69.